The van der Waals surface area contributed by atoms with Crippen LogP contribution in [-0.4, -0.2) is 42.6 Å². The first kappa shape index (κ1) is 14.4. The van der Waals surface area contributed by atoms with Crippen LogP contribution in [0.4, 0.5) is 8.78 Å². The number of nitrogens with zero attached hydrogens (tertiary/aromatic N) is 1. The third-order valence-corrected chi connectivity index (χ3v) is 3.70. The van der Waals surface area contributed by atoms with Gasteiger partial charge in [-0.15, -0.1) is 0 Å². The van der Waals surface area contributed by atoms with Crippen LogP contribution in [-0.2, 0) is 16.1 Å². The molecule has 1 aromatic carbocycles. The van der Waals surface area contributed by atoms with Gasteiger partial charge in [-0.2, -0.15) is 0 Å². The van der Waals surface area contributed by atoms with Crippen LogP contribution < -0.4 is 5.32 Å². The number of hydrogen-bond acceptors (Lipinski definition) is 3. The highest BCUT2D eigenvalue weighted by atomic mass is 19.1. The summed E-state index contributed by atoms with van der Waals surface area (Å²) >= 11 is 0. The van der Waals surface area contributed by atoms with Crippen molar-refractivity contribution in [3.05, 3.63) is 35.4 Å². The average molecular weight is 296 g/mol. The lowest BCUT2D eigenvalue weighted by molar-refractivity contribution is -0.138. The van der Waals surface area contributed by atoms with Gasteiger partial charge in [-0.3, -0.25) is 9.69 Å². The van der Waals surface area contributed by atoms with Crippen molar-refractivity contribution >= 4 is 5.91 Å². The fourth-order valence-electron chi connectivity index (χ4n) is 2.49. The Hall–Kier alpha value is -1.53. The molecule has 3 rings (SSSR count). The molecule has 0 spiro atoms. The Morgan fingerprint density at radius 2 is 2.00 bits per heavy atom. The lowest BCUT2D eigenvalue weighted by Crippen LogP contribution is -2.49. The smallest absolute Gasteiger partial charge is 0.250 e. The van der Waals surface area contributed by atoms with E-state index < -0.39 is 17.7 Å². The molecule has 1 aliphatic carbocycles. The first-order valence-electron chi connectivity index (χ1n) is 7.19. The molecule has 1 heterocycles. The molecule has 1 saturated carbocycles. The zero-order chi connectivity index (χ0) is 14.8. The zero-order valence-corrected chi connectivity index (χ0v) is 11.6. The largest absolute Gasteiger partial charge is 0.366 e. The average Bonchev–Trinajstić information content (AvgIpc) is 3.21. The number of carbonyl (C=O) groups is 1. The molecule has 1 N–H and O–H groups in total. The second kappa shape index (κ2) is 6.07. The fraction of sp³-hybridized carbons (Fsp3) is 0.533. The topological polar surface area (TPSA) is 41.6 Å². The maximum absolute atomic E-state index is 13.2. The second-order valence-corrected chi connectivity index (χ2v) is 5.66. The Morgan fingerprint density at radius 1 is 1.29 bits per heavy atom. The van der Waals surface area contributed by atoms with E-state index in [1.807, 2.05) is 4.90 Å². The minimum atomic E-state index is -0.582. The lowest BCUT2D eigenvalue weighted by Gasteiger charge is -2.32. The summed E-state index contributed by atoms with van der Waals surface area (Å²) < 4.78 is 31.9. The summed E-state index contributed by atoms with van der Waals surface area (Å²) in [5, 5.41) is 2.92. The summed E-state index contributed by atoms with van der Waals surface area (Å²) in [7, 11) is 0. The summed E-state index contributed by atoms with van der Waals surface area (Å²) in [6.07, 6.45) is 1.56. The molecule has 1 saturated heterocycles. The molecule has 0 aromatic heterocycles. The molecule has 0 bridgehead atoms. The molecule has 1 aliphatic heterocycles. The fourth-order valence-corrected chi connectivity index (χ4v) is 2.49. The zero-order valence-electron chi connectivity index (χ0n) is 11.6. The molecule has 1 atom stereocenters. The highest BCUT2D eigenvalue weighted by Crippen LogP contribution is 2.20. The van der Waals surface area contributed by atoms with Crippen LogP contribution >= 0.6 is 0 Å². The predicted octanol–water partition coefficient (Wildman–Crippen LogP) is 1.44. The molecule has 1 amide bonds. The number of benzene rings is 1. The van der Waals surface area contributed by atoms with E-state index in [4.69, 9.17) is 4.74 Å². The van der Waals surface area contributed by atoms with E-state index in [9.17, 15) is 13.6 Å². The molecule has 2 aliphatic rings. The van der Waals surface area contributed by atoms with Crippen molar-refractivity contribution < 1.29 is 18.3 Å². The van der Waals surface area contributed by atoms with Crippen molar-refractivity contribution in [3.63, 3.8) is 0 Å². The number of rotatable bonds is 4. The van der Waals surface area contributed by atoms with Gasteiger partial charge in [0.05, 0.1) is 6.61 Å². The van der Waals surface area contributed by atoms with Crippen molar-refractivity contribution in [3.8, 4) is 0 Å². The van der Waals surface area contributed by atoms with E-state index in [-0.39, 0.29) is 5.91 Å². The Labute approximate surface area is 122 Å². The van der Waals surface area contributed by atoms with Gasteiger partial charge >= 0.3 is 0 Å². The van der Waals surface area contributed by atoms with Gasteiger partial charge < -0.3 is 10.1 Å². The number of hydrogen-bond donors (Lipinski definition) is 1. The lowest BCUT2D eigenvalue weighted by atomic mass is 10.1. The van der Waals surface area contributed by atoms with Crippen LogP contribution in [0.2, 0.25) is 0 Å². The standard InChI is InChI=1S/C15H18F2N2O2/c16-11-5-10(6-12(17)7-11)8-19-3-4-21-14(9-19)15(20)18-13-1-2-13/h5-7,13-14H,1-4,8-9H2,(H,18,20). The van der Waals surface area contributed by atoms with Gasteiger partial charge in [0, 0.05) is 31.7 Å². The van der Waals surface area contributed by atoms with E-state index in [0.717, 1.165) is 18.9 Å². The number of ether oxygens (including phenoxy) is 1. The van der Waals surface area contributed by atoms with E-state index in [1.165, 1.54) is 12.1 Å². The van der Waals surface area contributed by atoms with Crippen LogP contribution in [0.3, 0.4) is 0 Å². The molecular weight excluding hydrogens is 278 g/mol. The van der Waals surface area contributed by atoms with Crippen LogP contribution in [0, 0.1) is 11.6 Å². The van der Waals surface area contributed by atoms with E-state index in [2.05, 4.69) is 5.32 Å². The maximum Gasteiger partial charge on any atom is 0.250 e. The predicted molar refractivity (Wildman–Crippen MR) is 72.5 cm³/mol. The minimum Gasteiger partial charge on any atom is -0.366 e. The van der Waals surface area contributed by atoms with Crippen molar-refractivity contribution in [1.82, 2.24) is 10.2 Å². The van der Waals surface area contributed by atoms with Crippen molar-refractivity contribution in [2.75, 3.05) is 19.7 Å². The SMILES string of the molecule is O=C(NC1CC1)C1CN(Cc2cc(F)cc(F)c2)CCO1. The normalized spacial score (nSPS) is 23.0. The van der Waals surface area contributed by atoms with Crippen LogP contribution in [0.15, 0.2) is 18.2 Å². The molecular formula is C15H18F2N2O2. The van der Waals surface area contributed by atoms with Gasteiger partial charge in [0.25, 0.3) is 5.91 Å². The summed E-state index contributed by atoms with van der Waals surface area (Å²) in [5.74, 6) is -1.25. The van der Waals surface area contributed by atoms with Crippen molar-refractivity contribution in [2.45, 2.75) is 31.5 Å². The molecule has 0 radical (unpaired) electrons. The summed E-state index contributed by atoms with van der Waals surface area (Å²) in [6, 6.07) is 3.79. The third kappa shape index (κ3) is 3.98. The van der Waals surface area contributed by atoms with Crippen LogP contribution in [0.25, 0.3) is 0 Å². The van der Waals surface area contributed by atoms with Crippen molar-refractivity contribution in [2.24, 2.45) is 0 Å². The quantitative estimate of drug-likeness (QED) is 0.914. The second-order valence-electron chi connectivity index (χ2n) is 5.66. The number of halogens is 2. The molecule has 114 valence electrons. The summed E-state index contributed by atoms with van der Waals surface area (Å²) in [4.78, 5) is 14.0. The van der Waals surface area contributed by atoms with E-state index >= 15 is 0 Å². The molecule has 6 heteroatoms. The van der Waals surface area contributed by atoms with Gasteiger partial charge in [0.1, 0.15) is 17.7 Å². The van der Waals surface area contributed by atoms with E-state index in [0.29, 0.717) is 37.8 Å². The number of carbonyl (C=O) groups excluding carboxylic acids is 1. The Balaban J connectivity index is 1.58. The molecule has 21 heavy (non-hydrogen) atoms. The monoisotopic (exact) mass is 296 g/mol. The van der Waals surface area contributed by atoms with E-state index in [1.54, 1.807) is 0 Å². The molecule has 2 fully saturated rings. The third-order valence-electron chi connectivity index (χ3n) is 3.70. The van der Waals surface area contributed by atoms with Crippen LogP contribution in [0.5, 0.6) is 0 Å². The number of amides is 1. The van der Waals surface area contributed by atoms with Gasteiger partial charge in [-0.05, 0) is 30.5 Å². The Bertz CT molecular complexity index is 514. The Morgan fingerprint density at radius 3 is 2.67 bits per heavy atom. The van der Waals surface area contributed by atoms with Gasteiger partial charge in [-0.25, -0.2) is 8.78 Å². The Kier molecular flexibility index (Phi) is 4.17. The highest BCUT2D eigenvalue weighted by Gasteiger charge is 2.31. The molecule has 1 aromatic rings. The maximum atomic E-state index is 13.2. The first-order chi connectivity index (χ1) is 10.1. The molecule has 4 nitrogen and oxygen atoms in total. The first-order valence-corrected chi connectivity index (χ1v) is 7.19. The van der Waals surface area contributed by atoms with Crippen LogP contribution in [0.1, 0.15) is 18.4 Å². The van der Waals surface area contributed by atoms with Gasteiger partial charge in [0.15, 0.2) is 0 Å². The highest BCUT2D eigenvalue weighted by molar-refractivity contribution is 5.81. The minimum absolute atomic E-state index is 0.0902. The summed E-state index contributed by atoms with van der Waals surface area (Å²) in [5.41, 5.74) is 0.566. The van der Waals surface area contributed by atoms with Gasteiger partial charge in [0.2, 0.25) is 0 Å². The van der Waals surface area contributed by atoms with Gasteiger partial charge in [-0.1, -0.05) is 0 Å². The molecule has 1 unspecified atom stereocenters. The number of morpholine rings is 1. The number of nitrogens with one attached hydrogen (secondary N) is 1. The summed E-state index contributed by atoms with van der Waals surface area (Å²) in [6.45, 7) is 1.94. The van der Waals surface area contributed by atoms with Crippen molar-refractivity contribution in [1.29, 1.82) is 0 Å².